The van der Waals surface area contributed by atoms with Crippen LogP contribution in [0.15, 0.2) is 33.5 Å². The van der Waals surface area contributed by atoms with E-state index in [4.69, 9.17) is 5.73 Å². The van der Waals surface area contributed by atoms with Crippen LogP contribution in [0.4, 0.5) is 5.69 Å². The van der Waals surface area contributed by atoms with Crippen molar-refractivity contribution in [3.63, 3.8) is 0 Å². The summed E-state index contributed by atoms with van der Waals surface area (Å²) in [7, 11) is -0.715. The van der Waals surface area contributed by atoms with Gasteiger partial charge in [-0.3, -0.25) is 0 Å². The fourth-order valence-electron chi connectivity index (χ4n) is 1.55. The summed E-state index contributed by atoms with van der Waals surface area (Å²) >= 11 is 0. The summed E-state index contributed by atoms with van der Waals surface area (Å²) in [6.07, 6.45) is 0.873. The molecular weight excluding hydrogens is 258 g/mol. The Balaban J connectivity index is 3.39. The Morgan fingerprint density at radius 3 is 2.21 bits per heavy atom. The van der Waals surface area contributed by atoms with Crippen molar-refractivity contribution in [1.29, 1.82) is 0 Å². The van der Waals surface area contributed by atoms with E-state index < -0.39 is 9.92 Å². The van der Waals surface area contributed by atoms with Gasteiger partial charge >= 0.3 is 0 Å². The summed E-state index contributed by atoms with van der Waals surface area (Å²) < 4.78 is 19.7. The van der Waals surface area contributed by atoms with Gasteiger partial charge in [-0.15, -0.1) is 0 Å². The van der Waals surface area contributed by atoms with Gasteiger partial charge in [0.05, 0.1) is 10.9 Å². The third-order valence-corrected chi connectivity index (χ3v) is 5.95. The number of hydrogen-bond acceptors (Lipinski definition) is 3. The van der Waals surface area contributed by atoms with Crippen LogP contribution in [-0.2, 0) is 9.92 Å². The highest BCUT2D eigenvalue weighted by atomic mass is 32.2. The third-order valence-electron chi connectivity index (χ3n) is 3.22. The number of benzene rings is 1. The molecule has 1 aromatic rings. The van der Waals surface area contributed by atoms with Crippen LogP contribution in [-0.4, -0.2) is 27.6 Å². The molecule has 108 valence electrons. The molecular formula is C14H25N3OS. The van der Waals surface area contributed by atoms with Crippen molar-refractivity contribution in [2.75, 3.05) is 12.8 Å². The molecule has 0 aliphatic rings. The zero-order valence-corrected chi connectivity index (χ0v) is 13.3. The van der Waals surface area contributed by atoms with E-state index in [2.05, 4.69) is 4.36 Å². The Hall–Kier alpha value is -1.07. The highest BCUT2D eigenvalue weighted by molar-refractivity contribution is 7.91. The zero-order valence-electron chi connectivity index (χ0n) is 12.5. The van der Waals surface area contributed by atoms with E-state index in [1.54, 1.807) is 12.1 Å². The summed E-state index contributed by atoms with van der Waals surface area (Å²) in [6, 6.07) is 7.37. The molecule has 0 saturated carbocycles. The molecule has 0 bridgehead atoms. The van der Waals surface area contributed by atoms with E-state index in [1.165, 1.54) is 0 Å². The molecule has 2 atom stereocenters. The minimum Gasteiger partial charge on any atom is -0.399 e. The first-order valence-corrected chi connectivity index (χ1v) is 8.13. The van der Waals surface area contributed by atoms with E-state index in [9.17, 15) is 4.21 Å². The van der Waals surface area contributed by atoms with Crippen LogP contribution >= 0.6 is 0 Å². The SMILES string of the molecule is CCC(C)N=S(=O)(c1ccc(N)cc1)N(C)C(C)C. The molecule has 0 aromatic heterocycles. The average molecular weight is 283 g/mol. The number of anilines is 1. The maximum atomic E-state index is 13.3. The van der Waals surface area contributed by atoms with Crippen LogP contribution in [0.25, 0.3) is 0 Å². The molecule has 0 aliphatic heterocycles. The Morgan fingerprint density at radius 2 is 1.79 bits per heavy atom. The third kappa shape index (κ3) is 3.70. The molecule has 0 fully saturated rings. The highest BCUT2D eigenvalue weighted by Crippen LogP contribution is 2.22. The molecule has 0 radical (unpaired) electrons. The van der Waals surface area contributed by atoms with E-state index in [1.807, 2.05) is 51.2 Å². The number of hydrogen-bond donors (Lipinski definition) is 1. The number of nitrogen functional groups attached to an aromatic ring is 1. The smallest absolute Gasteiger partial charge is 0.140 e. The molecule has 0 heterocycles. The lowest BCUT2D eigenvalue weighted by atomic mass is 10.3. The predicted octanol–water partition coefficient (Wildman–Crippen LogP) is 3.15. The van der Waals surface area contributed by atoms with Crippen LogP contribution < -0.4 is 5.73 Å². The molecule has 19 heavy (non-hydrogen) atoms. The van der Waals surface area contributed by atoms with Crippen molar-refractivity contribution in [3.05, 3.63) is 24.3 Å². The number of nitrogens with two attached hydrogens (primary N) is 1. The maximum absolute atomic E-state index is 13.3. The van der Waals surface area contributed by atoms with E-state index in [0.29, 0.717) is 5.69 Å². The first-order chi connectivity index (χ1) is 8.81. The van der Waals surface area contributed by atoms with Crippen LogP contribution in [0.2, 0.25) is 0 Å². The molecule has 2 unspecified atom stereocenters. The van der Waals surface area contributed by atoms with Crippen molar-refractivity contribution in [1.82, 2.24) is 4.31 Å². The van der Waals surface area contributed by atoms with Crippen LogP contribution in [0.5, 0.6) is 0 Å². The average Bonchev–Trinajstić information content (AvgIpc) is 2.38. The van der Waals surface area contributed by atoms with Gasteiger partial charge in [-0.2, -0.15) is 0 Å². The van der Waals surface area contributed by atoms with E-state index in [0.717, 1.165) is 11.3 Å². The van der Waals surface area contributed by atoms with Gasteiger partial charge < -0.3 is 5.73 Å². The van der Waals surface area contributed by atoms with Crippen LogP contribution in [0, 0.1) is 0 Å². The first-order valence-electron chi connectivity index (χ1n) is 6.66. The van der Waals surface area contributed by atoms with Gasteiger partial charge in [0.2, 0.25) is 0 Å². The van der Waals surface area contributed by atoms with Gasteiger partial charge in [0.1, 0.15) is 9.92 Å². The monoisotopic (exact) mass is 283 g/mol. The molecule has 2 N–H and O–H groups in total. The van der Waals surface area contributed by atoms with Gasteiger partial charge in [-0.25, -0.2) is 12.9 Å². The molecule has 0 saturated heterocycles. The quantitative estimate of drug-likeness (QED) is 0.844. The topological polar surface area (TPSA) is 58.7 Å². The summed E-state index contributed by atoms with van der Waals surface area (Å²) in [5.41, 5.74) is 6.36. The van der Waals surface area contributed by atoms with E-state index in [-0.39, 0.29) is 12.1 Å². The Morgan fingerprint density at radius 1 is 1.26 bits per heavy atom. The highest BCUT2D eigenvalue weighted by Gasteiger charge is 2.22. The first kappa shape index (κ1) is 16.0. The lowest BCUT2D eigenvalue weighted by molar-refractivity contribution is 0.434. The van der Waals surface area contributed by atoms with E-state index >= 15 is 0 Å². The van der Waals surface area contributed by atoms with Crippen molar-refractivity contribution in [2.24, 2.45) is 4.36 Å². The van der Waals surface area contributed by atoms with Gasteiger partial charge in [-0.1, -0.05) is 6.92 Å². The lowest BCUT2D eigenvalue weighted by Gasteiger charge is -2.26. The number of nitrogens with zero attached hydrogens (tertiary/aromatic N) is 2. The molecule has 1 aromatic carbocycles. The fraction of sp³-hybridized carbons (Fsp3) is 0.571. The van der Waals surface area contributed by atoms with Crippen LogP contribution in [0.3, 0.4) is 0 Å². The summed E-state index contributed by atoms with van der Waals surface area (Å²) in [4.78, 5) is 0.721. The van der Waals surface area contributed by atoms with Crippen molar-refractivity contribution < 1.29 is 4.21 Å². The van der Waals surface area contributed by atoms with Gasteiger partial charge in [0.15, 0.2) is 0 Å². The van der Waals surface area contributed by atoms with Gasteiger partial charge in [0.25, 0.3) is 0 Å². The van der Waals surface area contributed by atoms with Gasteiger partial charge in [0, 0.05) is 18.8 Å². The second-order valence-corrected chi connectivity index (χ2v) is 7.32. The second-order valence-electron chi connectivity index (χ2n) is 5.07. The zero-order chi connectivity index (χ0) is 14.6. The standard InChI is InChI=1S/C14H25N3OS/c1-6-12(4)16-19(18,17(5)11(2)3)14-9-7-13(15)8-10-14/h7-12H,6,15H2,1-5H3. The molecule has 5 heteroatoms. The lowest BCUT2D eigenvalue weighted by Crippen LogP contribution is -2.33. The Kier molecular flexibility index (Phi) is 5.38. The van der Waals surface area contributed by atoms with Crippen LogP contribution in [0.1, 0.15) is 34.1 Å². The molecule has 0 amide bonds. The Bertz CT molecular complexity index is 516. The molecule has 1 rings (SSSR count). The van der Waals surface area contributed by atoms with Crippen molar-refractivity contribution >= 4 is 15.6 Å². The normalized spacial score (nSPS) is 16.4. The fourth-order valence-corrected chi connectivity index (χ4v) is 3.85. The molecule has 0 aliphatic carbocycles. The summed E-state index contributed by atoms with van der Waals surface area (Å²) in [5.74, 6) is 0. The summed E-state index contributed by atoms with van der Waals surface area (Å²) in [6.45, 7) is 8.07. The largest absolute Gasteiger partial charge is 0.399 e. The summed E-state index contributed by atoms with van der Waals surface area (Å²) in [5, 5.41) is 0. The van der Waals surface area contributed by atoms with Crippen molar-refractivity contribution in [2.45, 2.75) is 51.1 Å². The molecule has 0 spiro atoms. The molecule has 4 nitrogen and oxygen atoms in total. The maximum Gasteiger partial charge on any atom is 0.140 e. The van der Waals surface area contributed by atoms with Crippen molar-refractivity contribution in [3.8, 4) is 0 Å². The second kappa shape index (κ2) is 6.39. The Labute approximate surface area is 117 Å². The minimum atomic E-state index is -2.57. The van der Waals surface area contributed by atoms with Gasteiger partial charge in [-0.05, 0) is 51.5 Å². The number of rotatable bonds is 5. The predicted molar refractivity (Wildman–Crippen MR) is 82.3 cm³/mol. The minimum absolute atomic E-state index is 0.0613.